The van der Waals surface area contributed by atoms with Gasteiger partial charge in [0.15, 0.2) is 17.0 Å². The van der Waals surface area contributed by atoms with Gasteiger partial charge in [-0.05, 0) is 12.1 Å². The summed E-state index contributed by atoms with van der Waals surface area (Å²) in [4.78, 5) is 14.6. The Morgan fingerprint density at radius 1 is 1.41 bits per heavy atom. The molecule has 7 heteroatoms. The molecule has 7 nitrogen and oxygen atoms in total. The van der Waals surface area contributed by atoms with Crippen LogP contribution in [0.15, 0.2) is 29.1 Å². The largest absolute Gasteiger partial charge is 0.479 e. The van der Waals surface area contributed by atoms with Gasteiger partial charge in [-0.3, -0.25) is 0 Å². The van der Waals surface area contributed by atoms with Crippen molar-refractivity contribution in [2.45, 2.75) is 6.54 Å². The van der Waals surface area contributed by atoms with Gasteiger partial charge in [0.1, 0.15) is 5.76 Å². The van der Waals surface area contributed by atoms with E-state index in [1.54, 1.807) is 12.3 Å². The predicted octanol–water partition coefficient (Wildman–Crippen LogP) is 1.26. The minimum absolute atomic E-state index is 0.302. The van der Waals surface area contributed by atoms with Gasteiger partial charge < -0.3 is 19.8 Å². The van der Waals surface area contributed by atoms with Crippen LogP contribution in [0, 0.1) is 0 Å². The van der Waals surface area contributed by atoms with Crippen molar-refractivity contribution in [3.8, 4) is 6.01 Å². The second kappa shape index (κ2) is 3.78. The van der Waals surface area contributed by atoms with Crippen LogP contribution < -0.4 is 5.32 Å². The molecule has 0 unspecified atom stereocenters. The van der Waals surface area contributed by atoms with Crippen molar-refractivity contribution >= 4 is 17.0 Å². The normalized spacial score (nSPS) is 10.8. The fourth-order valence-corrected chi connectivity index (χ4v) is 1.53. The summed E-state index contributed by atoms with van der Waals surface area (Å²) < 4.78 is 5.18. The number of nitrogens with one attached hydrogen (secondary N) is 2. The van der Waals surface area contributed by atoms with E-state index in [4.69, 9.17) is 4.42 Å². The van der Waals surface area contributed by atoms with Gasteiger partial charge in [-0.2, -0.15) is 9.97 Å². The number of imidazole rings is 1. The molecule has 0 aliphatic carbocycles. The zero-order valence-electron chi connectivity index (χ0n) is 8.71. The maximum absolute atomic E-state index is 9.35. The fourth-order valence-electron chi connectivity index (χ4n) is 1.53. The summed E-state index contributed by atoms with van der Waals surface area (Å²) in [5, 5.41) is 12.4. The Morgan fingerprint density at radius 2 is 2.35 bits per heavy atom. The summed E-state index contributed by atoms with van der Waals surface area (Å²) in [6, 6.07) is 3.35. The summed E-state index contributed by atoms with van der Waals surface area (Å²) in [5.74, 6) is 1.23. The number of anilines is 1. The summed E-state index contributed by atoms with van der Waals surface area (Å²) in [6.45, 7) is 0.464. The Bertz CT molecular complexity index is 631. The molecule has 0 aromatic carbocycles. The van der Waals surface area contributed by atoms with Gasteiger partial charge in [-0.1, -0.05) is 0 Å². The lowest BCUT2D eigenvalue weighted by molar-refractivity contribution is 0.433. The van der Waals surface area contributed by atoms with Gasteiger partial charge in [0, 0.05) is 0 Å². The Balaban J connectivity index is 1.91. The smallest absolute Gasteiger partial charge is 0.317 e. The number of aromatic nitrogens is 4. The molecule has 0 saturated carbocycles. The first-order valence-electron chi connectivity index (χ1n) is 4.99. The fraction of sp³-hybridized carbons (Fsp3) is 0.100. The van der Waals surface area contributed by atoms with E-state index < -0.39 is 0 Å². The molecule has 0 fully saturated rings. The number of aromatic hydroxyl groups is 1. The molecule has 3 aromatic rings. The molecule has 0 spiro atoms. The third-order valence-electron chi connectivity index (χ3n) is 2.28. The Labute approximate surface area is 95.5 Å². The molecule has 0 amide bonds. The highest BCUT2D eigenvalue weighted by molar-refractivity contribution is 5.82. The molecule has 3 rings (SSSR count). The molecule has 3 aromatic heterocycles. The molecule has 0 bridgehead atoms. The van der Waals surface area contributed by atoms with E-state index in [0.29, 0.717) is 23.5 Å². The zero-order chi connectivity index (χ0) is 11.7. The van der Waals surface area contributed by atoms with Gasteiger partial charge in [-0.25, -0.2) is 4.98 Å². The number of rotatable bonds is 3. The first-order chi connectivity index (χ1) is 8.33. The standard InChI is InChI=1S/C10H9N5O2/c16-10-14-8(7-9(15-10)13-5-12-7)11-4-6-2-1-3-17-6/h1-3,5H,4H2,(H3,11,12,13,14,15,16). The molecule has 3 N–H and O–H groups in total. The van der Waals surface area contributed by atoms with E-state index in [-0.39, 0.29) is 6.01 Å². The van der Waals surface area contributed by atoms with E-state index in [9.17, 15) is 5.11 Å². The maximum atomic E-state index is 9.35. The number of hydrogen-bond donors (Lipinski definition) is 3. The summed E-state index contributed by atoms with van der Waals surface area (Å²) in [7, 11) is 0. The average molecular weight is 231 g/mol. The van der Waals surface area contributed by atoms with Crippen LogP contribution in [0.3, 0.4) is 0 Å². The molecule has 0 saturated heterocycles. The highest BCUT2D eigenvalue weighted by atomic mass is 16.3. The molecule has 0 aliphatic rings. The first-order valence-corrected chi connectivity index (χ1v) is 4.99. The van der Waals surface area contributed by atoms with Crippen LogP contribution in [-0.4, -0.2) is 25.0 Å². The number of fused-ring (bicyclic) bond motifs is 1. The summed E-state index contributed by atoms with van der Waals surface area (Å²) in [5.41, 5.74) is 1.06. The zero-order valence-corrected chi connectivity index (χ0v) is 8.71. The highest BCUT2D eigenvalue weighted by Crippen LogP contribution is 2.19. The van der Waals surface area contributed by atoms with Gasteiger partial charge >= 0.3 is 6.01 Å². The summed E-state index contributed by atoms with van der Waals surface area (Å²) >= 11 is 0. The van der Waals surface area contributed by atoms with Crippen LogP contribution in [0.2, 0.25) is 0 Å². The van der Waals surface area contributed by atoms with Crippen molar-refractivity contribution < 1.29 is 9.52 Å². The minimum atomic E-state index is -0.302. The number of hydrogen-bond acceptors (Lipinski definition) is 6. The minimum Gasteiger partial charge on any atom is -0.479 e. The van der Waals surface area contributed by atoms with Crippen molar-refractivity contribution in [1.82, 2.24) is 19.9 Å². The van der Waals surface area contributed by atoms with Crippen LogP contribution >= 0.6 is 0 Å². The molecule has 0 radical (unpaired) electrons. The lowest BCUT2D eigenvalue weighted by Crippen LogP contribution is -2.02. The van der Waals surface area contributed by atoms with Gasteiger partial charge in [0.05, 0.1) is 19.1 Å². The second-order valence-corrected chi connectivity index (χ2v) is 3.40. The Kier molecular flexibility index (Phi) is 2.14. The third-order valence-corrected chi connectivity index (χ3v) is 2.28. The monoisotopic (exact) mass is 231 g/mol. The molecule has 17 heavy (non-hydrogen) atoms. The average Bonchev–Trinajstić information content (AvgIpc) is 2.95. The first kappa shape index (κ1) is 9.64. The van der Waals surface area contributed by atoms with Crippen LogP contribution in [0.25, 0.3) is 11.2 Å². The number of furan rings is 1. The van der Waals surface area contributed by atoms with E-state index in [2.05, 4.69) is 25.3 Å². The Morgan fingerprint density at radius 3 is 3.18 bits per heavy atom. The van der Waals surface area contributed by atoms with Gasteiger partial charge in [0.2, 0.25) is 0 Å². The van der Waals surface area contributed by atoms with E-state index in [1.165, 1.54) is 6.33 Å². The number of aromatic amines is 1. The van der Waals surface area contributed by atoms with E-state index in [1.807, 2.05) is 6.07 Å². The lowest BCUT2D eigenvalue weighted by Gasteiger charge is -2.03. The molecular formula is C10H9N5O2. The molecule has 86 valence electrons. The van der Waals surface area contributed by atoms with Crippen molar-refractivity contribution in [2.24, 2.45) is 0 Å². The van der Waals surface area contributed by atoms with Crippen LogP contribution in [0.4, 0.5) is 5.82 Å². The highest BCUT2D eigenvalue weighted by Gasteiger charge is 2.09. The predicted molar refractivity (Wildman–Crippen MR) is 59.4 cm³/mol. The number of H-pyrrole nitrogens is 1. The van der Waals surface area contributed by atoms with Crippen LogP contribution in [0.1, 0.15) is 5.76 Å². The van der Waals surface area contributed by atoms with Gasteiger partial charge in [-0.15, -0.1) is 0 Å². The lowest BCUT2D eigenvalue weighted by atomic mass is 10.4. The number of nitrogens with zero attached hydrogens (tertiary/aromatic N) is 3. The van der Waals surface area contributed by atoms with Gasteiger partial charge in [0.25, 0.3) is 0 Å². The molecule has 3 heterocycles. The maximum Gasteiger partial charge on any atom is 0.317 e. The Hall–Kier alpha value is -2.57. The molecular weight excluding hydrogens is 222 g/mol. The molecule has 0 atom stereocenters. The van der Waals surface area contributed by atoms with Crippen LogP contribution in [0.5, 0.6) is 6.01 Å². The van der Waals surface area contributed by atoms with Crippen molar-refractivity contribution in [2.75, 3.05) is 5.32 Å². The molecule has 0 aliphatic heterocycles. The SMILES string of the molecule is Oc1nc(NCc2ccco2)c2nc[nH]c2n1. The third kappa shape index (κ3) is 1.78. The van der Waals surface area contributed by atoms with Crippen LogP contribution in [-0.2, 0) is 6.54 Å². The second-order valence-electron chi connectivity index (χ2n) is 3.40. The summed E-state index contributed by atoms with van der Waals surface area (Å²) in [6.07, 6.45) is 3.09. The quantitative estimate of drug-likeness (QED) is 0.627. The van der Waals surface area contributed by atoms with Crippen molar-refractivity contribution in [1.29, 1.82) is 0 Å². The van der Waals surface area contributed by atoms with Crippen molar-refractivity contribution in [3.63, 3.8) is 0 Å². The topological polar surface area (TPSA) is 99.9 Å². The van der Waals surface area contributed by atoms with Crippen molar-refractivity contribution in [3.05, 3.63) is 30.5 Å². The van der Waals surface area contributed by atoms with E-state index >= 15 is 0 Å². The van der Waals surface area contributed by atoms with E-state index in [0.717, 1.165) is 5.76 Å².